The molecule has 19 heavy (non-hydrogen) atoms. The maximum absolute atomic E-state index is 11.7. The summed E-state index contributed by atoms with van der Waals surface area (Å²) in [6.45, 7) is 1.61. The Labute approximate surface area is 112 Å². The van der Waals surface area contributed by atoms with Crippen LogP contribution in [0.15, 0.2) is 24.3 Å². The molecule has 104 valence electrons. The van der Waals surface area contributed by atoms with Gasteiger partial charge < -0.3 is 21.5 Å². The lowest BCUT2D eigenvalue weighted by molar-refractivity contribution is -0.121. The SMILES string of the molecule is CC[C@H](CO)NC(=O)CNC(=O)c1ccc(N)cc1. The third-order valence-electron chi connectivity index (χ3n) is 2.66. The number of hydrogen-bond donors (Lipinski definition) is 4. The molecule has 0 aliphatic carbocycles. The first-order valence-electron chi connectivity index (χ1n) is 6.10. The summed E-state index contributed by atoms with van der Waals surface area (Å²) in [7, 11) is 0. The maximum atomic E-state index is 11.7. The minimum Gasteiger partial charge on any atom is -0.399 e. The fraction of sp³-hybridized carbons (Fsp3) is 0.385. The van der Waals surface area contributed by atoms with Crippen LogP contribution in [0, 0.1) is 0 Å². The van der Waals surface area contributed by atoms with E-state index in [1.165, 1.54) is 0 Å². The van der Waals surface area contributed by atoms with Crippen LogP contribution in [-0.4, -0.2) is 36.1 Å². The van der Waals surface area contributed by atoms with Gasteiger partial charge >= 0.3 is 0 Å². The molecule has 5 N–H and O–H groups in total. The normalized spacial score (nSPS) is 11.7. The van der Waals surface area contributed by atoms with Crippen LogP contribution in [-0.2, 0) is 4.79 Å². The van der Waals surface area contributed by atoms with Crippen LogP contribution < -0.4 is 16.4 Å². The molecule has 0 saturated heterocycles. The van der Waals surface area contributed by atoms with Crippen molar-refractivity contribution in [2.75, 3.05) is 18.9 Å². The summed E-state index contributed by atoms with van der Waals surface area (Å²) in [5.41, 5.74) is 6.53. The van der Waals surface area contributed by atoms with Gasteiger partial charge in [-0.2, -0.15) is 0 Å². The summed E-state index contributed by atoms with van der Waals surface area (Å²) in [6, 6.07) is 6.14. The molecule has 0 aliphatic rings. The van der Waals surface area contributed by atoms with E-state index in [2.05, 4.69) is 10.6 Å². The summed E-state index contributed by atoms with van der Waals surface area (Å²) in [5, 5.41) is 14.0. The molecule has 0 unspecified atom stereocenters. The van der Waals surface area contributed by atoms with Crippen molar-refractivity contribution in [3.8, 4) is 0 Å². The summed E-state index contributed by atoms with van der Waals surface area (Å²) in [6.07, 6.45) is 0.633. The smallest absolute Gasteiger partial charge is 0.251 e. The average Bonchev–Trinajstić information content (AvgIpc) is 2.43. The summed E-state index contributed by atoms with van der Waals surface area (Å²) in [5.74, 6) is -0.670. The van der Waals surface area contributed by atoms with E-state index in [4.69, 9.17) is 10.8 Å². The molecular formula is C13H19N3O3. The fourth-order valence-electron chi connectivity index (χ4n) is 1.45. The topological polar surface area (TPSA) is 104 Å². The van der Waals surface area contributed by atoms with Crippen LogP contribution in [0.2, 0.25) is 0 Å². The molecule has 1 atom stereocenters. The monoisotopic (exact) mass is 265 g/mol. The summed E-state index contributed by atoms with van der Waals surface area (Å²) >= 11 is 0. The van der Waals surface area contributed by atoms with Gasteiger partial charge in [-0.3, -0.25) is 9.59 Å². The number of anilines is 1. The maximum Gasteiger partial charge on any atom is 0.251 e. The molecule has 0 aromatic heterocycles. The van der Waals surface area contributed by atoms with E-state index >= 15 is 0 Å². The van der Waals surface area contributed by atoms with Gasteiger partial charge in [0.1, 0.15) is 0 Å². The summed E-state index contributed by atoms with van der Waals surface area (Å²) in [4.78, 5) is 23.2. The Balaban J connectivity index is 2.41. The third kappa shape index (κ3) is 4.97. The molecule has 2 amide bonds. The van der Waals surface area contributed by atoms with Gasteiger partial charge in [0.05, 0.1) is 19.2 Å². The molecule has 0 aliphatic heterocycles. The molecule has 1 rings (SSSR count). The molecule has 0 bridgehead atoms. The van der Waals surface area contributed by atoms with E-state index in [1.54, 1.807) is 24.3 Å². The minimum atomic E-state index is -0.341. The van der Waals surface area contributed by atoms with Crippen molar-refractivity contribution < 1.29 is 14.7 Å². The average molecular weight is 265 g/mol. The van der Waals surface area contributed by atoms with Crippen molar-refractivity contribution in [1.29, 1.82) is 0 Å². The van der Waals surface area contributed by atoms with Crippen molar-refractivity contribution in [2.24, 2.45) is 0 Å². The number of nitrogen functional groups attached to an aromatic ring is 1. The van der Waals surface area contributed by atoms with Crippen molar-refractivity contribution in [2.45, 2.75) is 19.4 Å². The van der Waals surface area contributed by atoms with Crippen LogP contribution in [0.3, 0.4) is 0 Å². The largest absolute Gasteiger partial charge is 0.399 e. The number of aliphatic hydroxyl groups is 1. The molecule has 1 aromatic rings. The highest BCUT2D eigenvalue weighted by Gasteiger charge is 2.11. The predicted octanol–water partition coefficient (Wildman–Crippen LogP) is -0.114. The lowest BCUT2D eigenvalue weighted by Crippen LogP contribution is -2.43. The van der Waals surface area contributed by atoms with Crippen LogP contribution in [0.1, 0.15) is 23.7 Å². The quantitative estimate of drug-likeness (QED) is 0.538. The zero-order valence-electron chi connectivity index (χ0n) is 10.8. The lowest BCUT2D eigenvalue weighted by Gasteiger charge is -2.14. The molecule has 0 saturated carbocycles. The second-order valence-electron chi connectivity index (χ2n) is 4.16. The van der Waals surface area contributed by atoms with E-state index in [9.17, 15) is 9.59 Å². The van der Waals surface area contributed by atoms with Crippen LogP contribution in [0.25, 0.3) is 0 Å². The number of benzene rings is 1. The molecule has 0 spiro atoms. The standard InChI is InChI=1S/C13H19N3O3/c1-2-11(8-17)16-12(18)7-15-13(19)9-3-5-10(14)6-4-9/h3-6,11,17H,2,7-8,14H2,1H3,(H,15,19)(H,16,18)/t11-/m1/s1. The number of carbonyl (C=O) groups excluding carboxylic acids is 2. The van der Waals surface area contributed by atoms with Gasteiger partial charge in [0, 0.05) is 11.3 Å². The van der Waals surface area contributed by atoms with E-state index in [0.717, 1.165) is 0 Å². The van der Waals surface area contributed by atoms with Crippen molar-refractivity contribution in [3.63, 3.8) is 0 Å². The third-order valence-corrected chi connectivity index (χ3v) is 2.66. The van der Waals surface area contributed by atoms with Gasteiger partial charge in [0.15, 0.2) is 0 Å². The number of amides is 2. The molecule has 1 aromatic carbocycles. The first-order chi connectivity index (χ1) is 9.06. The molecule has 0 heterocycles. The van der Waals surface area contributed by atoms with Crippen LogP contribution >= 0.6 is 0 Å². The molecule has 6 heteroatoms. The van der Waals surface area contributed by atoms with Crippen LogP contribution in [0.5, 0.6) is 0 Å². The Hall–Kier alpha value is -2.08. The molecule has 0 fully saturated rings. The number of rotatable bonds is 6. The number of nitrogens with one attached hydrogen (secondary N) is 2. The number of nitrogens with two attached hydrogens (primary N) is 1. The number of aliphatic hydroxyl groups excluding tert-OH is 1. The molecule has 6 nitrogen and oxygen atoms in total. The highest BCUT2D eigenvalue weighted by molar-refractivity contribution is 5.96. The zero-order valence-corrected chi connectivity index (χ0v) is 10.8. The van der Waals surface area contributed by atoms with Gasteiger partial charge in [-0.05, 0) is 30.7 Å². The van der Waals surface area contributed by atoms with Gasteiger partial charge in [-0.25, -0.2) is 0 Å². The Morgan fingerprint density at radius 2 is 1.95 bits per heavy atom. The molecule has 0 radical (unpaired) electrons. The lowest BCUT2D eigenvalue weighted by atomic mass is 10.2. The van der Waals surface area contributed by atoms with E-state index in [-0.39, 0.29) is 31.0 Å². The zero-order chi connectivity index (χ0) is 14.3. The van der Waals surface area contributed by atoms with E-state index in [1.807, 2.05) is 6.92 Å². The van der Waals surface area contributed by atoms with Gasteiger partial charge in [0.25, 0.3) is 5.91 Å². The minimum absolute atomic E-state index is 0.117. The highest BCUT2D eigenvalue weighted by Crippen LogP contribution is 2.04. The van der Waals surface area contributed by atoms with Crippen LogP contribution in [0.4, 0.5) is 5.69 Å². The van der Waals surface area contributed by atoms with Crippen molar-refractivity contribution >= 4 is 17.5 Å². The Kier molecular flexibility index (Phi) is 5.81. The van der Waals surface area contributed by atoms with Crippen molar-refractivity contribution in [3.05, 3.63) is 29.8 Å². The van der Waals surface area contributed by atoms with Gasteiger partial charge in [-0.1, -0.05) is 6.92 Å². The van der Waals surface area contributed by atoms with Gasteiger partial charge in [0.2, 0.25) is 5.91 Å². The predicted molar refractivity (Wildman–Crippen MR) is 72.5 cm³/mol. The highest BCUT2D eigenvalue weighted by atomic mass is 16.3. The first-order valence-corrected chi connectivity index (χ1v) is 6.10. The Morgan fingerprint density at radius 1 is 1.32 bits per heavy atom. The van der Waals surface area contributed by atoms with Gasteiger partial charge in [-0.15, -0.1) is 0 Å². The van der Waals surface area contributed by atoms with E-state index in [0.29, 0.717) is 17.7 Å². The summed E-state index contributed by atoms with van der Waals surface area (Å²) < 4.78 is 0. The second kappa shape index (κ2) is 7.38. The Bertz CT molecular complexity index is 427. The molecular weight excluding hydrogens is 246 g/mol. The second-order valence-corrected chi connectivity index (χ2v) is 4.16. The number of carbonyl (C=O) groups is 2. The van der Waals surface area contributed by atoms with Crippen molar-refractivity contribution in [1.82, 2.24) is 10.6 Å². The first kappa shape index (κ1) is 15.0. The number of hydrogen-bond acceptors (Lipinski definition) is 4. The fourth-order valence-corrected chi connectivity index (χ4v) is 1.45. The Morgan fingerprint density at radius 3 is 2.47 bits per heavy atom. The van der Waals surface area contributed by atoms with E-state index < -0.39 is 0 Å².